The maximum absolute atomic E-state index is 12.6. The number of carbonyl (C=O) groups is 2. The van der Waals surface area contributed by atoms with E-state index in [1.54, 1.807) is 24.8 Å². The van der Waals surface area contributed by atoms with E-state index in [2.05, 4.69) is 19.9 Å². The Bertz CT molecular complexity index is 754. The van der Waals surface area contributed by atoms with Gasteiger partial charge in [-0.15, -0.1) is 0 Å². The summed E-state index contributed by atoms with van der Waals surface area (Å²) >= 11 is 0. The number of carbonyl (C=O) groups excluding carboxylic acids is 2. The third kappa shape index (κ3) is 3.28. The summed E-state index contributed by atoms with van der Waals surface area (Å²) in [7, 11) is 0. The molecule has 3 rings (SSSR count). The first kappa shape index (κ1) is 14.6. The van der Waals surface area contributed by atoms with Crippen LogP contribution in [0.1, 0.15) is 32.8 Å². The van der Waals surface area contributed by atoms with Crippen LogP contribution in [0.5, 0.6) is 0 Å². The third-order valence-electron chi connectivity index (χ3n) is 3.14. The fourth-order valence-electron chi connectivity index (χ4n) is 2.07. The highest BCUT2D eigenvalue weighted by Gasteiger charge is 2.22. The summed E-state index contributed by atoms with van der Waals surface area (Å²) in [5, 5.41) is 0. The average molecular weight is 314 g/mol. The molecule has 118 valence electrons. The molecule has 0 aliphatic carbocycles. The van der Waals surface area contributed by atoms with E-state index in [0.29, 0.717) is 11.6 Å². The molecule has 0 aliphatic rings. The van der Waals surface area contributed by atoms with Gasteiger partial charge in [0, 0.05) is 24.8 Å². The minimum absolute atomic E-state index is 0.0249. The Balaban J connectivity index is 1.83. The SMILES string of the molecule is NC(=O)c1ccc(C(=O)N(Cc2ncc[nH]2)Cc2ncc[nH]2)o1. The Kier molecular flexibility index (Phi) is 3.91. The van der Waals surface area contributed by atoms with Gasteiger partial charge in [0.05, 0.1) is 13.1 Å². The summed E-state index contributed by atoms with van der Waals surface area (Å²) in [5.41, 5.74) is 5.14. The average Bonchev–Trinajstić information content (AvgIpc) is 3.28. The van der Waals surface area contributed by atoms with Crippen LogP contribution in [0.4, 0.5) is 0 Å². The molecular weight excluding hydrogens is 300 g/mol. The minimum Gasteiger partial charge on any atom is -0.446 e. The van der Waals surface area contributed by atoms with Crippen molar-refractivity contribution in [2.45, 2.75) is 13.1 Å². The van der Waals surface area contributed by atoms with Crippen LogP contribution in [-0.2, 0) is 13.1 Å². The zero-order valence-electron chi connectivity index (χ0n) is 12.0. The fourth-order valence-corrected chi connectivity index (χ4v) is 2.07. The monoisotopic (exact) mass is 314 g/mol. The Hall–Kier alpha value is -3.36. The molecule has 0 aromatic carbocycles. The third-order valence-corrected chi connectivity index (χ3v) is 3.14. The molecule has 0 radical (unpaired) electrons. The van der Waals surface area contributed by atoms with Crippen molar-refractivity contribution in [2.75, 3.05) is 0 Å². The summed E-state index contributed by atoms with van der Waals surface area (Å²) in [6.07, 6.45) is 6.54. The van der Waals surface area contributed by atoms with Crippen LogP contribution < -0.4 is 5.73 Å². The van der Waals surface area contributed by atoms with Crippen molar-refractivity contribution in [2.24, 2.45) is 5.73 Å². The predicted molar refractivity (Wildman–Crippen MR) is 78.0 cm³/mol. The van der Waals surface area contributed by atoms with E-state index in [1.807, 2.05) is 0 Å². The number of primary amides is 1. The van der Waals surface area contributed by atoms with Gasteiger partial charge < -0.3 is 25.0 Å². The Morgan fingerprint density at radius 1 is 1.04 bits per heavy atom. The maximum Gasteiger partial charge on any atom is 0.290 e. The normalized spacial score (nSPS) is 10.6. The molecule has 0 saturated carbocycles. The van der Waals surface area contributed by atoms with Gasteiger partial charge in [-0.05, 0) is 12.1 Å². The van der Waals surface area contributed by atoms with Gasteiger partial charge in [-0.2, -0.15) is 0 Å². The van der Waals surface area contributed by atoms with Gasteiger partial charge in [-0.25, -0.2) is 9.97 Å². The molecule has 0 fully saturated rings. The number of rotatable bonds is 6. The van der Waals surface area contributed by atoms with E-state index in [4.69, 9.17) is 10.2 Å². The number of nitrogens with two attached hydrogens (primary N) is 1. The van der Waals surface area contributed by atoms with Crippen LogP contribution in [0.25, 0.3) is 0 Å². The lowest BCUT2D eigenvalue weighted by Gasteiger charge is -2.19. The molecule has 9 heteroatoms. The maximum atomic E-state index is 12.6. The number of nitrogens with zero attached hydrogens (tertiary/aromatic N) is 3. The highest BCUT2D eigenvalue weighted by Crippen LogP contribution is 2.14. The van der Waals surface area contributed by atoms with E-state index in [9.17, 15) is 9.59 Å². The molecule has 23 heavy (non-hydrogen) atoms. The number of aromatic amines is 2. The molecule has 3 heterocycles. The molecule has 0 atom stereocenters. The predicted octanol–water partition coefficient (Wildman–Crippen LogP) is 0.667. The lowest BCUT2D eigenvalue weighted by Crippen LogP contribution is -2.30. The molecule has 0 bridgehead atoms. The number of furan rings is 1. The van der Waals surface area contributed by atoms with Crippen molar-refractivity contribution < 1.29 is 14.0 Å². The van der Waals surface area contributed by atoms with Crippen LogP contribution in [0.2, 0.25) is 0 Å². The minimum atomic E-state index is -0.729. The molecule has 3 aromatic heterocycles. The molecule has 3 aromatic rings. The summed E-state index contributed by atoms with van der Waals surface area (Å²) in [6, 6.07) is 2.78. The van der Waals surface area contributed by atoms with Crippen LogP contribution in [0.3, 0.4) is 0 Å². The summed E-state index contributed by atoms with van der Waals surface area (Å²) in [4.78, 5) is 39.3. The van der Waals surface area contributed by atoms with Gasteiger partial charge in [0.1, 0.15) is 11.6 Å². The van der Waals surface area contributed by atoms with Crippen LogP contribution in [0.15, 0.2) is 41.3 Å². The van der Waals surface area contributed by atoms with Crippen molar-refractivity contribution in [3.05, 3.63) is 60.1 Å². The lowest BCUT2D eigenvalue weighted by molar-refractivity contribution is 0.0686. The van der Waals surface area contributed by atoms with Crippen molar-refractivity contribution in [3.63, 3.8) is 0 Å². The Morgan fingerprint density at radius 3 is 2.04 bits per heavy atom. The van der Waals surface area contributed by atoms with Gasteiger partial charge in [0.25, 0.3) is 11.8 Å². The second-order valence-electron chi connectivity index (χ2n) is 4.76. The van der Waals surface area contributed by atoms with Crippen LogP contribution in [0, 0.1) is 0 Å². The van der Waals surface area contributed by atoms with Crippen LogP contribution >= 0.6 is 0 Å². The largest absolute Gasteiger partial charge is 0.446 e. The molecule has 4 N–H and O–H groups in total. The first-order chi connectivity index (χ1) is 11.1. The highest BCUT2D eigenvalue weighted by atomic mass is 16.4. The molecule has 0 spiro atoms. The topological polar surface area (TPSA) is 134 Å². The fraction of sp³-hybridized carbons (Fsp3) is 0.143. The van der Waals surface area contributed by atoms with Crippen molar-refractivity contribution in [1.29, 1.82) is 0 Å². The first-order valence-electron chi connectivity index (χ1n) is 6.79. The van der Waals surface area contributed by atoms with E-state index in [1.165, 1.54) is 17.0 Å². The van der Waals surface area contributed by atoms with Crippen LogP contribution in [-0.4, -0.2) is 36.7 Å². The number of amides is 2. The second kappa shape index (κ2) is 6.18. The summed E-state index contributed by atoms with van der Waals surface area (Å²) in [5.74, 6) is 0.0670. The van der Waals surface area contributed by atoms with Gasteiger partial charge in [-0.1, -0.05) is 0 Å². The number of hydrogen-bond donors (Lipinski definition) is 3. The summed E-state index contributed by atoms with van der Waals surface area (Å²) in [6.45, 7) is 0.471. The molecule has 9 nitrogen and oxygen atoms in total. The molecule has 0 saturated heterocycles. The molecule has 0 unspecified atom stereocenters. The Morgan fingerprint density at radius 2 is 1.61 bits per heavy atom. The van der Waals surface area contributed by atoms with Crippen molar-refractivity contribution in [3.8, 4) is 0 Å². The molecule has 0 aliphatic heterocycles. The van der Waals surface area contributed by atoms with E-state index in [-0.39, 0.29) is 24.6 Å². The number of hydrogen-bond acceptors (Lipinski definition) is 5. The number of aromatic nitrogens is 4. The smallest absolute Gasteiger partial charge is 0.290 e. The van der Waals surface area contributed by atoms with Crippen molar-refractivity contribution >= 4 is 11.8 Å². The quantitative estimate of drug-likeness (QED) is 0.614. The second-order valence-corrected chi connectivity index (χ2v) is 4.76. The van der Waals surface area contributed by atoms with E-state index >= 15 is 0 Å². The zero-order chi connectivity index (χ0) is 16.2. The number of nitrogens with one attached hydrogen (secondary N) is 2. The molecular formula is C14H14N6O3. The van der Waals surface area contributed by atoms with Gasteiger partial charge in [-0.3, -0.25) is 9.59 Å². The first-order valence-corrected chi connectivity index (χ1v) is 6.79. The van der Waals surface area contributed by atoms with E-state index < -0.39 is 11.8 Å². The van der Waals surface area contributed by atoms with Gasteiger partial charge >= 0.3 is 0 Å². The summed E-state index contributed by atoms with van der Waals surface area (Å²) < 4.78 is 5.20. The number of imidazole rings is 2. The number of H-pyrrole nitrogens is 2. The highest BCUT2D eigenvalue weighted by molar-refractivity contribution is 5.94. The van der Waals surface area contributed by atoms with Gasteiger partial charge in [0.2, 0.25) is 0 Å². The lowest BCUT2D eigenvalue weighted by atomic mass is 10.3. The van der Waals surface area contributed by atoms with Crippen molar-refractivity contribution in [1.82, 2.24) is 24.8 Å². The zero-order valence-corrected chi connectivity index (χ0v) is 12.0. The molecule has 2 amide bonds. The standard InChI is InChI=1S/C14H14N6O3/c15-13(21)9-1-2-10(23-9)14(22)20(7-11-16-3-4-17-11)8-12-18-5-6-19-12/h1-6H,7-8H2,(H2,15,21)(H,16,17)(H,18,19). The van der Waals surface area contributed by atoms with Gasteiger partial charge in [0.15, 0.2) is 11.5 Å². The van der Waals surface area contributed by atoms with E-state index in [0.717, 1.165) is 0 Å². The Labute approximate surface area is 130 Å².